The monoisotopic (exact) mass is 209 g/mol. The van der Waals surface area contributed by atoms with Gasteiger partial charge in [0.1, 0.15) is 0 Å². The molecule has 4 heteroatoms. The first-order valence-electron chi connectivity index (χ1n) is 4.83. The smallest absolute Gasteiger partial charge is 0.317 e. The van der Waals surface area contributed by atoms with Gasteiger partial charge in [0, 0.05) is 6.54 Å². The molecule has 0 radical (unpaired) electrons. The summed E-state index contributed by atoms with van der Waals surface area (Å²) in [6.07, 6.45) is 0. The Morgan fingerprint density at radius 2 is 2.07 bits per heavy atom. The fourth-order valence-electron chi connectivity index (χ4n) is 1.10. The highest BCUT2D eigenvalue weighted by Crippen LogP contribution is 1.99. The van der Waals surface area contributed by atoms with Crippen molar-refractivity contribution < 1.29 is 14.6 Å². The van der Waals surface area contributed by atoms with E-state index in [1.807, 2.05) is 30.3 Å². The van der Waals surface area contributed by atoms with Gasteiger partial charge in [-0.25, -0.2) is 0 Å². The van der Waals surface area contributed by atoms with E-state index >= 15 is 0 Å². The van der Waals surface area contributed by atoms with Gasteiger partial charge in [0.25, 0.3) is 0 Å². The summed E-state index contributed by atoms with van der Waals surface area (Å²) >= 11 is 0. The van der Waals surface area contributed by atoms with E-state index < -0.39 is 5.97 Å². The lowest BCUT2D eigenvalue weighted by molar-refractivity contribution is -0.136. The van der Waals surface area contributed by atoms with E-state index in [2.05, 4.69) is 5.32 Å². The molecule has 0 bridgehead atoms. The third kappa shape index (κ3) is 5.83. The number of nitrogens with one attached hydrogen (secondary N) is 1. The van der Waals surface area contributed by atoms with Gasteiger partial charge in [0.15, 0.2) is 0 Å². The molecule has 0 aliphatic carbocycles. The number of carboxylic acids is 1. The third-order valence-electron chi connectivity index (χ3n) is 1.81. The van der Waals surface area contributed by atoms with Crippen LogP contribution in [0.3, 0.4) is 0 Å². The van der Waals surface area contributed by atoms with Crippen LogP contribution >= 0.6 is 0 Å². The summed E-state index contributed by atoms with van der Waals surface area (Å²) in [5.74, 6) is -0.849. The maximum absolute atomic E-state index is 10.2. The van der Waals surface area contributed by atoms with Crippen LogP contribution in [0.1, 0.15) is 5.56 Å². The van der Waals surface area contributed by atoms with Crippen molar-refractivity contribution in [3.05, 3.63) is 35.9 Å². The molecule has 0 saturated carbocycles. The van der Waals surface area contributed by atoms with Crippen molar-refractivity contribution in [3.8, 4) is 0 Å². The van der Waals surface area contributed by atoms with E-state index in [4.69, 9.17) is 9.84 Å². The van der Waals surface area contributed by atoms with E-state index in [1.165, 1.54) is 0 Å². The second kappa shape index (κ2) is 6.98. The molecule has 4 nitrogen and oxygen atoms in total. The largest absolute Gasteiger partial charge is 0.480 e. The van der Waals surface area contributed by atoms with Crippen LogP contribution in [0, 0.1) is 0 Å². The highest BCUT2D eigenvalue weighted by atomic mass is 16.5. The molecule has 1 rings (SSSR count). The van der Waals surface area contributed by atoms with E-state index in [1.54, 1.807) is 0 Å². The second-order valence-electron chi connectivity index (χ2n) is 3.11. The molecule has 82 valence electrons. The minimum atomic E-state index is -0.849. The van der Waals surface area contributed by atoms with Gasteiger partial charge in [-0.2, -0.15) is 0 Å². The van der Waals surface area contributed by atoms with Crippen LogP contribution in [-0.2, 0) is 16.1 Å². The van der Waals surface area contributed by atoms with Crippen molar-refractivity contribution >= 4 is 5.97 Å². The van der Waals surface area contributed by atoms with Gasteiger partial charge in [-0.15, -0.1) is 0 Å². The van der Waals surface area contributed by atoms with Crippen molar-refractivity contribution in [2.24, 2.45) is 0 Å². The topological polar surface area (TPSA) is 58.6 Å². The molecular weight excluding hydrogens is 194 g/mol. The first-order valence-corrected chi connectivity index (χ1v) is 4.83. The summed E-state index contributed by atoms with van der Waals surface area (Å²) < 4.78 is 5.35. The van der Waals surface area contributed by atoms with E-state index in [9.17, 15) is 4.79 Å². The number of carbonyl (C=O) groups is 1. The molecule has 0 heterocycles. The Hall–Kier alpha value is -1.39. The Morgan fingerprint density at radius 3 is 2.73 bits per heavy atom. The average molecular weight is 209 g/mol. The summed E-state index contributed by atoms with van der Waals surface area (Å²) in [7, 11) is 0. The summed E-state index contributed by atoms with van der Waals surface area (Å²) in [5, 5.41) is 11.1. The van der Waals surface area contributed by atoms with Gasteiger partial charge in [-0.3, -0.25) is 4.79 Å². The SMILES string of the molecule is O=C(O)CNCCOCc1ccccc1. The summed E-state index contributed by atoms with van der Waals surface area (Å²) in [4.78, 5) is 10.2. The number of benzene rings is 1. The maximum atomic E-state index is 10.2. The van der Waals surface area contributed by atoms with Crippen LogP contribution < -0.4 is 5.32 Å². The van der Waals surface area contributed by atoms with Crippen LogP contribution in [0.4, 0.5) is 0 Å². The van der Waals surface area contributed by atoms with Crippen molar-refractivity contribution in [1.29, 1.82) is 0 Å². The molecule has 2 N–H and O–H groups in total. The molecule has 1 aromatic rings. The molecule has 0 aliphatic heterocycles. The van der Waals surface area contributed by atoms with Gasteiger partial charge >= 0.3 is 5.97 Å². The van der Waals surface area contributed by atoms with Crippen molar-refractivity contribution in [2.75, 3.05) is 19.7 Å². The van der Waals surface area contributed by atoms with Gasteiger partial charge < -0.3 is 15.2 Å². The second-order valence-corrected chi connectivity index (χ2v) is 3.11. The molecule has 15 heavy (non-hydrogen) atoms. The fourth-order valence-corrected chi connectivity index (χ4v) is 1.10. The predicted molar refractivity (Wildman–Crippen MR) is 56.6 cm³/mol. The molecule has 0 saturated heterocycles. The Kier molecular flexibility index (Phi) is 5.43. The van der Waals surface area contributed by atoms with Crippen molar-refractivity contribution in [2.45, 2.75) is 6.61 Å². The van der Waals surface area contributed by atoms with Crippen LogP contribution in [0.2, 0.25) is 0 Å². The average Bonchev–Trinajstić information content (AvgIpc) is 2.24. The lowest BCUT2D eigenvalue weighted by Crippen LogP contribution is -2.26. The Bertz CT molecular complexity index is 287. The Balaban J connectivity index is 2.00. The van der Waals surface area contributed by atoms with Crippen LogP contribution in [0.15, 0.2) is 30.3 Å². The standard InChI is InChI=1S/C11H15NO3/c13-11(14)8-12-6-7-15-9-10-4-2-1-3-5-10/h1-5,12H,6-9H2,(H,13,14). The van der Waals surface area contributed by atoms with Crippen LogP contribution in [0.5, 0.6) is 0 Å². The molecular formula is C11H15NO3. The third-order valence-corrected chi connectivity index (χ3v) is 1.81. The number of hydrogen-bond acceptors (Lipinski definition) is 3. The highest BCUT2D eigenvalue weighted by Gasteiger charge is 1.95. The van der Waals surface area contributed by atoms with Crippen molar-refractivity contribution in [1.82, 2.24) is 5.32 Å². The van der Waals surface area contributed by atoms with Gasteiger partial charge in [0.2, 0.25) is 0 Å². The molecule has 0 fully saturated rings. The molecule has 0 aliphatic rings. The minimum Gasteiger partial charge on any atom is -0.480 e. The number of aliphatic carboxylic acids is 1. The number of carboxylic acid groups (broad SMARTS) is 1. The summed E-state index contributed by atoms with van der Waals surface area (Å²) in [6, 6.07) is 9.86. The Morgan fingerprint density at radius 1 is 1.33 bits per heavy atom. The Labute approximate surface area is 88.9 Å². The number of ether oxygens (including phenoxy) is 1. The molecule has 0 unspecified atom stereocenters. The fraction of sp³-hybridized carbons (Fsp3) is 0.364. The quantitative estimate of drug-likeness (QED) is 0.654. The summed E-state index contributed by atoms with van der Waals surface area (Å²) in [5.41, 5.74) is 1.12. The highest BCUT2D eigenvalue weighted by molar-refractivity contribution is 5.68. The molecule has 0 amide bonds. The van der Waals surface area contributed by atoms with E-state index in [-0.39, 0.29) is 6.54 Å². The van der Waals surface area contributed by atoms with E-state index in [0.717, 1.165) is 5.56 Å². The van der Waals surface area contributed by atoms with Crippen LogP contribution in [-0.4, -0.2) is 30.8 Å². The first kappa shape index (κ1) is 11.7. The molecule has 0 spiro atoms. The zero-order valence-corrected chi connectivity index (χ0v) is 8.48. The normalized spacial score (nSPS) is 10.1. The molecule has 1 aromatic carbocycles. The first-order chi connectivity index (χ1) is 7.29. The zero-order chi connectivity index (χ0) is 10.9. The van der Waals surface area contributed by atoms with Crippen molar-refractivity contribution in [3.63, 3.8) is 0 Å². The summed E-state index contributed by atoms with van der Waals surface area (Å²) in [6.45, 7) is 1.62. The molecule has 0 atom stereocenters. The van der Waals surface area contributed by atoms with Gasteiger partial charge in [0.05, 0.1) is 19.8 Å². The van der Waals surface area contributed by atoms with Gasteiger partial charge in [-0.1, -0.05) is 30.3 Å². The predicted octanol–water partition coefficient (Wildman–Crippen LogP) is 0.877. The number of rotatable bonds is 7. The maximum Gasteiger partial charge on any atom is 0.317 e. The van der Waals surface area contributed by atoms with Gasteiger partial charge in [-0.05, 0) is 5.56 Å². The van der Waals surface area contributed by atoms with E-state index in [0.29, 0.717) is 19.8 Å². The minimum absolute atomic E-state index is 0.0191. The molecule has 0 aromatic heterocycles. The number of hydrogen-bond donors (Lipinski definition) is 2. The van der Waals surface area contributed by atoms with Crippen LogP contribution in [0.25, 0.3) is 0 Å². The lowest BCUT2D eigenvalue weighted by Gasteiger charge is -2.04. The zero-order valence-electron chi connectivity index (χ0n) is 8.48. The lowest BCUT2D eigenvalue weighted by atomic mass is 10.2.